The fraction of sp³-hybridized carbons (Fsp3) is 0.294. The molecule has 2 N–H and O–H groups in total. The van der Waals surface area contributed by atoms with Crippen molar-refractivity contribution in [2.24, 2.45) is 0 Å². The SMILES string of the molecule is C[C@@H]1Oc2ccccc2[C@H](NCc2ccccc2)[C@H]1O. The highest BCUT2D eigenvalue weighted by Gasteiger charge is 2.34. The van der Waals surface area contributed by atoms with E-state index in [1.54, 1.807) is 0 Å². The summed E-state index contributed by atoms with van der Waals surface area (Å²) in [5.74, 6) is 0.857. The van der Waals surface area contributed by atoms with Gasteiger partial charge in [-0.2, -0.15) is 0 Å². The maximum Gasteiger partial charge on any atom is 0.124 e. The molecule has 0 saturated carbocycles. The molecular weight excluding hydrogens is 250 g/mol. The van der Waals surface area contributed by atoms with Crippen LogP contribution in [0.3, 0.4) is 0 Å². The van der Waals surface area contributed by atoms with Crippen LogP contribution in [0.2, 0.25) is 0 Å². The first-order chi connectivity index (χ1) is 9.75. The quantitative estimate of drug-likeness (QED) is 0.900. The molecule has 0 bridgehead atoms. The fourth-order valence-corrected chi connectivity index (χ4v) is 2.62. The minimum absolute atomic E-state index is 0.102. The molecular formula is C17H19NO2. The number of aliphatic hydroxyl groups is 1. The highest BCUT2D eigenvalue weighted by atomic mass is 16.5. The van der Waals surface area contributed by atoms with E-state index in [0.29, 0.717) is 0 Å². The summed E-state index contributed by atoms with van der Waals surface area (Å²) in [4.78, 5) is 0. The first-order valence-electron chi connectivity index (χ1n) is 6.96. The van der Waals surface area contributed by atoms with Crippen LogP contribution in [0.15, 0.2) is 54.6 Å². The zero-order valence-electron chi connectivity index (χ0n) is 11.5. The third kappa shape index (κ3) is 2.55. The third-order valence-electron chi connectivity index (χ3n) is 3.76. The maximum absolute atomic E-state index is 10.4. The van der Waals surface area contributed by atoms with Gasteiger partial charge in [0.15, 0.2) is 0 Å². The van der Waals surface area contributed by atoms with Crippen LogP contribution < -0.4 is 10.1 Å². The van der Waals surface area contributed by atoms with E-state index in [1.807, 2.05) is 49.4 Å². The number of rotatable bonds is 3. The molecule has 0 unspecified atom stereocenters. The molecule has 0 aromatic heterocycles. The van der Waals surface area contributed by atoms with Crippen LogP contribution in [-0.4, -0.2) is 17.3 Å². The van der Waals surface area contributed by atoms with Crippen molar-refractivity contribution in [2.45, 2.75) is 31.7 Å². The lowest BCUT2D eigenvalue weighted by molar-refractivity contribution is 0.00205. The van der Waals surface area contributed by atoms with E-state index in [9.17, 15) is 5.11 Å². The van der Waals surface area contributed by atoms with Crippen molar-refractivity contribution in [1.29, 1.82) is 0 Å². The van der Waals surface area contributed by atoms with E-state index < -0.39 is 6.10 Å². The van der Waals surface area contributed by atoms with Crippen LogP contribution in [0.25, 0.3) is 0 Å². The molecule has 2 aromatic carbocycles. The molecule has 0 aliphatic carbocycles. The zero-order chi connectivity index (χ0) is 13.9. The molecule has 3 atom stereocenters. The summed E-state index contributed by atoms with van der Waals surface area (Å²) < 4.78 is 5.74. The Balaban J connectivity index is 1.81. The maximum atomic E-state index is 10.4. The summed E-state index contributed by atoms with van der Waals surface area (Å²) >= 11 is 0. The van der Waals surface area contributed by atoms with Crippen molar-refractivity contribution >= 4 is 0 Å². The summed E-state index contributed by atoms with van der Waals surface area (Å²) in [6, 6.07) is 18.0. The zero-order valence-corrected chi connectivity index (χ0v) is 11.5. The van der Waals surface area contributed by atoms with Crippen LogP contribution in [-0.2, 0) is 6.54 Å². The summed E-state index contributed by atoms with van der Waals surface area (Å²) in [6.45, 7) is 2.63. The average molecular weight is 269 g/mol. The van der Waals surface area contributed by atoms with Gasteiger partial charge >= 0.3 is 0 Å². The lowest BCUT2D eigenvalue weighted by Gasteiger charge is -2.35. The van der Waals surface area contributed by atoms with E-state index in [0.717, 1.165) is 17.9 Å². The molecule has 2 aromatic rings. The Kier molecular flexibility index (Phi) is 3.72. The second kappa shape index (κ2) is 5.65. The van der Waals surface area contributed by atoms with E-state index in [-0.39, 0.29) is 12.1 Å². The van der Waals surface area contributed by atoms with Crippen molar-refractivity contribution < 1.29 is 9.84 Å². The van der Waals surface area contributed by atoms with E-state index >= 15 is 0 Å². The largest absolute Gasteiger partial charge is 0.488 e. The Morgan fingerprint density at radius 1 is 1.05 bits per heavy atom. The predicted octanol–water partition coefficient (Wildman–Crippen LogP) is 2.66. The Morgan fingerprint density at radius 2 is 1.75 bits per heavy atom. The van der Waals surface area contributed by atoms with Gasteiger partial charge in [0.25, 0.3) is 0 Å². The molecule has 0 fully saturated rings. The van der Waals surface area contributed by atoms with Gasteiger partial charge in [-0.05, 0) is 18.6 Å². The molecule has 0 radical (unpaired) electrons. The van der Waals surface area contributed by atoms with Gasteiger partial charge in [-0.1, -0.05) is 48.5 Å². The number of nitrogens with one attached hydrogen (secondary N) is 1. The fourth-order valence-electron chi connectivity index (χ4n) is 2.62. The summed E-state index contributed by atoms with van der Waals surface area (Å²) in [5.41, 5.74) is 2.23. The Bertz CT molecular complexity index is 570. The number of benzene rings is 2. The van der Waals surface area contributed by atoms with E-state index in [4.69, 9.17) is 4.74 Å². The molecule has 0 amide bonds. The molecule has 1 aliphatic rings. The normalized spacial score (nSPS) is 24.8. The van der Waals surface area contributed by atoms with Gasteiger partial charge in [0.1, 0.15) is 18.0 Å². The number of para-hydroxylation sites is 1. The number of aliphatic hydroxyl groups excluding tert-OH is 1. The summed E-state index contributed by atoms with van der Waals surface area (Å²) in [6.07, 6.45) is -0.758. The second-order valence-electron chi connectivity index (χ2n) is 5.20. The molecule has 1 aliphatic heterocycles. The van der Waals surface area contributed by atoms with Gasteiger partial charge in [-0.25, -0.2) is 0 Å². The van der Waals surface area contributed by atoms with Crippen LogP contribution in [0.5, 0.6) is 5.75 Å². The predicted molar refractivity (Wildman–Crippen MR) is 78.6 cm³/mol. The topological polar surface area (TPSA) is 41.5 Å². The number of hydrogen-bond acceptors (Lipinski definition) is 3. The Hall–Kier alpha value is -1.84. The van der Waals surface area contributed by atoms with Gasteiger partial charge in [-0.15, -0.1) is 0 Å². The van der Waals surface area contributed by atoms with Crippen molar-refractivity contribution in [3.05, 3.63) is 65.7 Å². The first kappa shape index (κ1) is 13.2. The highest BCUT2D eigenvalue weighted by molar-refractivity contribution is 5.39. The lowest BCUT2D eigenvalue weighted by atomic mass is 9.94. The number of ether oxygens (including phenoxy) is 1. The van der Waals surface area contributed by atoms with Gasteiger partial charge in [0, 0.05) is 12.1 Å². The standard InChI is InChI=1S/C17H19NO2/c1-12-17(19)16(14-9-5-6-10-15(14)20-12)18-11-13-7-3-2-4-8-13/h2-10,12,16-19H,11H2,1H3/t12-,16-,17-/m0/s1. The van der Waals surface area contributed by atoms with Gasteiger partial charge < -0.3 is 15.2 Å². The van der Waals surface area contributed by atoms with Crippen LogP contribution in [0, 0.1) is 0 Å². The van der Waals surface area contributed by atoms with Crippen LogP contribution in [0.1, 0.15) is 24.1 Å². The lowest BCUT2D eigenvalue weighted by Crippen LogP contribution is -2.44. The van der Waals surface area contributed by atoms with E-state index in [2.05, 4.69) is 17.4 Å². The number of hydrogen-bond donors (Lipinski definition) is 2. The third-order valence-corrected chi connectivity index (χ3v) is 3.76. The van der Waals surface area contributed by atoms with Crippen molar-refractivity contribution in [1.82, 2.24) is 5.32 Å². The Morgan fingerprint density at radius 3 is 2.55 bits per heavy atom. The Labute approximate surface area is 119 Å². The van der Waals surface area contributed by atoms with E-state index in [1.165, 1.54) is 5.56 Å². The highest BCUT2D eigenvalue weighted by Crippen LogP contribution is 2.34. The molecule has 3 rings (SSSR count). The molecule has 3 nitrogen and oxygen atoms in total. The molecule has 104 valence electrons. The minimum atomic E-state index is -0.548. The monoisotopic (exact) mass is 269 g/mol. The number of fused-ring (bicyclic) bond motifs is 1. The molecule has 0 spiro atoms. The second-order valence-corrected chi connectivity index (χ2v) is 5.20. The van der Waals surface area contributed by atoms with Gasteiger partial charge in [-0.3, -0.25) is 0 Å². The van der Waals surface area contributed by atoms with Crippen LogP contribution in [0.4, 0.5) is 0 Å². The molecule has 0 saturated heterocycles. The summed E-state index contributed by atoms with van der Waals surface area (Å²) in [5, 5.41) is 13.8. The van der Waals surface area contributed by atoms with Gasteiger partial charge in [0.05, 0.1) is 6.04 Å². The van der Waals surface area contributed by atoms with Crippen molar-refractivity contribution in [3.8, 4) is 5.75 Å². The summed E-state index contributed by atoms with van der Waals surface area (Å²) in [7, 11) is 0. The minimum Gasteiger partial charge on any atom is -0.488 e. The molecule has 1 heterocycles. The molecule has 20 heavy (non-hydrogen) atoms. The van der Waals surface area contributed by atoms with Crippen molar-refractivity contribution in [2.75, 3.05) is 0 Å². The molecule has 3 heteroatoms. The first-order valence-corrected chi connectivity index (χ1v) is 6.96. The van der Waals surface area contributed by atoms with Gasteiger partial charge in [0.2, 0.25) is 0 Å². The average Bonchev–Trinajstić information content (AvgIpc) is 2.49. The van der Waals surface area contributed by atoms with Crippen LogP contribution >= 0.6 is 0 Å². The smallest absolute Gasteiger partial charge is 0.124 e. The van der Waals surface area contributed by atoms with Crippen molar-refractivity contribution in [3.63, 3.8) is 0 Å².